The van der Waals surface area contributed by atoms with E-state index in [2.05, 4.69) is 23.1 Å². The summed E-state index contributed by atoms with van der Waals surface area (Å²) in [6.45, 7) is 4.17. The summed E-state index contributed by atoms with van der Waals surface area (Å²) < 4.78 is 27.9. The summed E-state index contributed by atoms with van der Waals surface area (Å²) in [5.41, 5.74) is 2.80. The Kier molecular flexibility index (Phi) is 9.84. The number of rotatable bonds is 11. The molecule has 1 aromatic heterocycles. The third-order valence-electron chi connectivity index (χ3n) is 8.01. The second-order valence-corrected chi connectivity index (χ2v) is 10.7. The summed E-state index contributed by atoms with van der Waals surface area (Å²) in [4.78, 5) is 27.2. The van der Waals surface area contributed by atoms with E-state index < -0.39 is 24.5 Å². The number of hydrogen-bond donors (Lipinski definition) is 1. The summed E-state index contributed by atoms with van der Waals surface area (Å²) in [6, 6.07) is 14.0. The van der Waals surface area contributed by atoms with Gasteiger partial charge in [0.1, 0.15) is 17.7 Å². The highest BCUT2D eigenvalue weighted by Crippen LogP contribution is 2.37. The minimum atomic E-state index is -1.03. The number of methoxy groups -OCH3 is 3. The number of benzene rings is 2. The number of nitriles is 1. The lowest BCUT2D eigenvalue weighted by atomic mass is 10.0. The Morgan fingerprint density at radius 3 is 2.64 bits per heavy atom. The second kappa shape index (κ2) is 13.9. The van der Waals surface area contributed by atoms with Crippen LogP contribution in [-0.4, -0.2) is 98.8 Å². The van der Waals surface area contributed by atoms with Gasteiger partial charge in [-0.25, -0.2) is 4.79 Å². The molecule has 5 rings (SSSR count). The first kappa shape index (κ1) is 31.1. The number of amides is 1. The SMILES string of the molecule is COCOc1cc(N2CCc3c(nc(O[C@H](C)C(OC)OC)nc3N3CCN(C(=O)O)[C@@H](CC#N)C3)C2)c2ccccc2c1. The number of carbonyl (C=O) groups is 1. The van der Waals surface area contributed by atoms with E-state index in [9.17, 15) is 15.2 Å². The highest BCUT2D eigenvalue weighted by molar-refractivity contribution is 5.95. The van der Waals surface area contributed by atoms with Crippen LogP contribution in [0.1, 0.15) is 24.6 Å². The Morgan fingerprint density at radius 1 is 1.11 bits per heavy atom. The van der Waals surface area contributed by atoms with Crippen molar-refractivity contribution in [2.75, 3.05) is 64.1 Å². The molecule has 1 fully saturated rings. The fraction of sp³-hybridized carbons (Fsp3) is 0.484. The minimum Gasteiger partial charge on any atom is -0.467 e. The first-order valence-corrected chi connectivity index (χ1v) is 14.5. The van der Waals surface area contributed by atoms with Gasteiger partial charge in [0, 0.05) is 70.2 Å². The molecule has 1 saturated heterocycles. The molecule has 2 aliphatic rings. The van der Waals surface area contributed by atoms with Crippen molar-refractivity contribution in [3.05, 3.63) is 47.7 Å². The number of hydrogen-bond acceptors (Lipinski definition) is 11. The molecule has 3 aromatic rings. The quantitative estimate of drug-likeness (QED) is 0.318. The van der Waals surface area contributed by atoms with Gasteiger partial charge < -0.3 is 43.5 Å². The maximum Gasteiger partial charge on any atom is 0.407 e. The van der Waals surface area contributed by atoms with Crippen LogP contribution in [-0.2, 0) is 27.2 Å². The summed E-state index contributed by atoms with van der Waals surface area (Å²) in [5, 5.41) is 21.3. The van der Waals surface area contributed by atoms with Gasteiger partial charge in [0.05, 0.1) is 30.8 Å². The predicted molar refractivity (Wildman–Crippen MR) is 162 cm³/mol. The largest absolute Gasteiger partial charge is 0.467 e. The lowest BCUT2D eigenvalue weighted by Gasteiger charge is -2.41. The number of nitrogens with zero attached hydrogens (tertiary/aromatic N) is 6. The summed E-state index contributed by atoms with van der Waals surface area (Å²) in [6.07, 6.45) is -1.43. The van der Waals surface area contributed by atoms with Crippen LogP contribution in [0, 0.1) is 11.3 Å². The van der Waals surface area contributed by atoms with Crippen molar-refractivity contribution in [2.24, 2.45) is 0 Å². The lowest BCUT2D eigenvalue weighted by Crippen LogP contribution is -2.55. The van der Waals surface area contributed by atoms with Gasteiger partial charge >= 0.3 is 12.1 Å². The molecule has 0 radical (unpaired) electrons. The van der Waals surface area contributed by atoms with Gasteiger partial charge in [0.2, 0.25) is 0 Å². The van der Waals surface area contributed by atoms with Gasteiger partial charge in [-0.1, -0.05) is 24.3 Å². The van der Waals surface area contributed by atoms with E-state index >= 15 is 0 Å². The molecule has 2 aliphatic heterocycles. The van der Waals surface area contributed by atoms with Crippen molar-refractivity contribution < 1.29 is 33.6 Å². The van der Waals surface area contributed by atoms with Gasteiger partial charge in [0.15, 0.2) is 13.1 Å². The third-order valence-corrected chi connectivity index (χ3v) is 8.01. The first-order chi connectivity index (χ1) is 21.4. The Hall–Kier alpha value is -4.38. The molecule has 1 N–H and O–H groups in total. The van der Waals surface area contributed by atoms with Crippen molar-refractivity contribution in [3.8, 4) is 17.8 Å². The van der Waals surface area contributed by atoms with Crippen molar-refractivity contribution in [2.45, 2.75) is 44.7 Å². The lowest BCUT2D eigenvalue weighted by molar-refractivity contribution is -0.152. The monoisotopic (exact) mass is 606 g/mol. The molecule has 0 unspecified atom stereocenters. The van der Waals surface area contributed by atoms with Gasteiger partial charge in [-0.05, 0) is 24.8 Å². The van der Waals surface area contributed by atoms with Crippen LogP contribution in [0.2, 0.25) is 0 Å². The van der Waals surface area contributed by atoms with Crippen LogP contribution in [0.5, 0.6) is 11.8 Å². The highest BCUT2D eigenvalue weighted by Gasteiger charge is 2.34. The molecule has 234 valence electrons. The van der Waals surface area contributed by atoms with Crippen LogP contribution in [0.4, 0.5) is 16.3 Å². The fourth-order valence-corrected chi connectivity index (χ4v) is 5.92. The average molecular weight is 607 g/mol. The van der Waals surface area contributed by atoms with Crippen LogP contribution >= 0.6 is 0 Å². The van der Waals surface area contributed by atoms with E-state index in [0.29, 0.717) is 44.2 Å². The smallest absolute Gasteiger partial charge is 0.407 e. The molecule has 1 amide bonds. The second-order valence-electron chi connectivity index (χ2n) is 10.7. The first-order valence-electron chi connectivity index (χ1n) is 14.5. The maximum absolute atomic E-state index is 11.9. The van der Waals surface area contributed by atoms with Gasteiger partial charge in [-0.15, -0.1) is 0 Å². The van der Waals surface area contributed by atoms with Crippen LogP contribution in [0.25, 0.3) is 10.8 Å². The molecule has 0 spiro atoms. The van der Waals surface area contributed by atoms with Gasteiger partial charge in [-0.2, -0.15) is 15.2 Å². The molecule has 3 heterocycles. The average Bonchev–Trinajstić information content (AvgIpc) is 3.03. The number of piperazine rings is 1. The summed E-state index contributed by atoms with van der Waals surface area (Å²) in [5.74, 6) is 1.40. The van der Waals surface area contributed by atoms with Crippen LogP contribution in [0.3, 0.4) is 0 Å². The molecule has 0 aliphatic carbocycles. The topological polar surface area (TPSA) is 143 Å². The molecule has 0 bridgehead atoms. The van der Waals surface area contributed by atoms with E-state index in [1.54, 1.807) is 7.11 Å². The summed E-state index contributed by atoms with van der Waals surface area (Å²) in [7, 11) is 4.67. The van der Waals surface area contributed by atoms with Crippen LogP contribution < -0.4 is 19.3 Å². The van der Waals surface area contributed by atoms with E-state index in [1.807, 2.05) is 36.1 Å². The van der Waals surface area contributed by atoms with E-state index in [-0.39, 0.29) is 25.8 Å². The van der Waals surface area contributed by atoms with E-state index in [1.165, 1.54) is 19.1 Å². The maximum atomic E-state index is 11.9. The van der Waals surface area contributed by atoms with Crippen molar-refractivity contribution >= 4 is 28.4 Å². The van der Waals surface area contributed by atoms with Crippen molar-refractivity contribution in [1.82, 2.24) is 14.9 Å². The van der Waals surface area contributed by atoms with E-state index in [4.69, 9.17) is 33.7 Å². The molecule has 13 heteroatoms. The zero-order valence-electron chi connectivity index (χ0n) is 25.4. The Labute approximate surface area is 256 Å². The van der Waals surface area contributed by atoms with Gasteiger partial charge in [-0.3, -0.25) is 0 Å². The van der Waals surface area contributed by atoms with E-state index in [0.717, 1.165) is 27.7 Å². The molecular weight excluding hydrogens is 568 g/mol. The number of carboxylic acid groups (broad SMARTS) is 1. The Balaban J connectivity index is 1.53. The minimum absolute atomic E-state index is 0.0855. The standard InChI is InChI=1S/C31H38N6O7/c1-20(29(41-3)42-4)44-30-33-26-18-35(27-16-23(43-19-40-2)15-21-7-5-6-8-24(21)27)12-10-25(26)28(34-30)36-13-14-37(31(38)39)22(17-36)9-11-32/h5-8,15-16,20,22,29H,9-10,12-14,17-19H2,1-4H3,(H,38,39)/t20-,22+/m1/s1. The third kappa shape index (κ3) is 6.57. The van der Waals surface area contributed by atoms with Crippen molar-refractivity contribution in [3.63, 3.8) is 0 Å². The molecule has 2 aromatic carbocycles. The molecule has 2 atom stereocenters. The normalized spacial score (nSPS) is 17.4. The summed E-state index contributed by atoms with van der Waals surface area (Å²) >= 11 is 0. The number of fused-ring (bicyclic) bond motifs is 2. The molecule has 13 nitrogen and oxygen atoms in total. The number of ether oxygens (including phenoxy) is 5. The number of anilines is 2. The Morgan fingerprint density at radius 2 is 1.91 bits per heavy atom. The predicted octanol–water partition coefficient (Wildman–Crippen LogP) is 3.64. The zero-order valence-corrected chi connectivity index (χ0v) is 25.4. The van der Waals surface area contributed by atoms with Gasteiger partial charge in [0.25, 0.3) is 0 Å². The molecule has 44 heavy (non-hydrogen) atoms. The fourth-order valence-electron chi connectivity index (χ4n) is 5.92. The van der Waals surface area contributed by atoms with Crippen LogP contribution in [0.15, 0.2) is 36.4 Å². The zero-order chi connectivity index (χ0) is 31.2. The molecular formula is C31H38N6O7. The highest BCUT2D eigenvalue weighted by atomic mass is 16.7. The van der Waals surface area contributed by atoms with Crippen molar-refractivity contribution in [1.29, 1.82) is 5.26 Å². The molecule has 0 saturated carbocycles. The Bertz CT molecular complexity index is 1510. The number of aromatic nitrogens is 2.